The number of carbonyl (C=O) groups is 1. The molecule has 0 fully saturated rings. The van der Waals surface area contributed by atoms with Crippen LogP contribution >= 0.6 is 0 Å². The summed E-state index contributed by atoms with van der Waals surface area (Å²) >= 11 is 0. The summed E-state index contributed by atoms with van der Waals surface area (Å²) in [6.07, 6.45) is 0.971. The monoisotopic (exact) mass is 210 g/mol. The van der Waals surface area contributed by atoms with Crippen molar-refractivity contribution >= 4 is 5.97 Å². The molecule has 0 saturated heterocycles. The molecule has 3 nitrogen and oxygen atoms in total. The van der Waals surface area contributed by atoms with Crippen molar-refractivity contribution in [3.63, 3.8) is 0 Å². The van der Waals surface area contributed by atoms with Crippen LogP contribution in [-0.4, -0.2) is 17.7 Å². The Bertz CT molecular complexity index is 277. The molecule has 3 heteroatoms. The van der Waals surface area contributed by atoms with Crippen molar-refractivity contribution in [2.75, 3.05) is 6.61 Å². The minimum Gasteiger partial charge on any atom is -0.482 e. The van der Waals surface area contributed by atoms with Gasteiger partial charge in [0.05, 0.1) is 0 Å². The van der Waals surface area contributed by atoms with Crippen LogP contribution in [0.25, 0.3) is 0 Å². The number of carboxylic acids is 1. The Hall–Kier alpha value is -1.51. The molecular weight excluding hydrogens is 192 g/mol. The SMILES string of the molecule is CC.CCc1ccc(OCC(=O)O)cc1. The van der Waals surface area contributed by atoms with Crippen molar-refractivity contribution in [2.45, 2.75) is 27.2 Å². The van der Waals surface area contributed by atoms with Gasteiger partial charge < -0.3 is 9.84 Å². The number of hydrogen-bond acceptors (Lipinski definition) is 2. The normalized spacial score (nSPS) is 8.73. The highest BCUT2D eigenvalue weighted by Crippen LogP contribution is 2.11. The maximum atomic E-state index is 10.2. The summed E-state index contributed by atoms with van der Waals surface area (Å²) in [7, 11) is 0. The molecule has 0 spiro atoms. The summed E-state index contributed by atoms with van der Waals surface area (Å²) in [5.74, 6) is -0.362. The fraction of sp³-hybridized carbons (Fsp3) is 0.417. The van der Waals surface area contributed by atoms with Crippen molar-refractivity contribution in [3.05, 3.63) is 29.8 Å². The van der Waals surface area contributed by atoms with E-state index in [-0.39, 0.29) is 6.61 Å². The van der Waals surface area contributed by atoms with Gasteiger partial charge in [0.2, 0.25) is 0 Å². The molecule has 0 unspecified atom stereocenters. The first-order valence-electron chi connectivity index (χ1n) is 5.16. The molecule has 15 heavy (non-hydrogen) atoms. The third kappa shape index (κ3) is 5.73. The molecule has 0 radical (unpaired) electrons. The first-order valence-corrected chi connectivity index (χ1v) is 5.16. The zero-order valence-corrected chi connectivity index (χ0v) is 9.49. The van der Waals surface area contributed by atoms with Gasteiger partial charge in [0.25, 0.3) is 0 Å². The van der Waals surface area contributed by atoms with Gasteiger partial charge in [0, 0.05) is 0 Å². The molecule has 1 aromatic rings. The number of hydrogen-bond donors (Lipinski definition) is 1. The van der Waals surface area contributed by atoms with Gasteiger partial charge in [-0.15, -0.1) is 0 Å². The van der Waals surface area contributed by atoms with Gasteiger partial charge in [-0.2, -0.15) is 0 Å². The zero-order valence-electron chi connectivity index (χ0n) is 9.49. The molecule has 0 bridgehead atoms. The van der Waals surface area contributed by atoms with Gasteiger partial charge in [-0.3, -0.25) is 0 Å². The largest absolute Gasteiger partial charge is 0.482 e. The summed E-state index contributed by atoms with van der Waals surface area (Å²) in [5, 5.41) is 8.35. The lowest BCUT2D eigenvalue weighted by atomic mass is 10.2. The third-order valence-electron chi connectivity index (χ3n) is 1.69. The Morgan fingerprint density at radius 2 is 1.80 bits per heavy atom. The van der Waals surface area contributed by atoms with Gasteiger partial charge >= 0.3 is 5.97 Å². The highest BCUT2D eigenvalue weighted by atomic mass is 16.5. The van der Waals surface area contributed by atoms with E-state index >= 15 is 0 Å². The molecule has 1 aromatic carbocycles. The molecule has 84 valence electrons. The second-order valence-electron chi connectivity index (χ2n) is 2.68. The molecule has 0 aliphatic rings. The van der Waals surface area contributed by atoms with Gasteiger partial charge in [0.15, 0.2) is 6.61 Å². The lowest BCUT2D eigenvalue weighted by Gasteiger charge is -2.03. The first-order chi connectivity index (χ1) is 7.22. The molecule has 0 aliphatic heterocycles. The van der Waals surface area contributed by atoms with E-state index in [4.69, 9.17) is 9.84 Å². The number of rotatable bonds is 4. The van der Waals surface area contributed by atoms with Crippen LogP contribution in [-0.2, 0) is 11.2 Å². The second kappa shape index (κ2) is 7.85. The van der Waals surface area contributed by atoms with Crippen LogP contribution in [0.3, 0.4) is 0 Å². The summed E-state index contributed by atoms with van der Waals surface area (Å²) in [4.78, 5) is 10.2. The van der Waals surface area contributed by atoms with Crippen molar-refractivity contribution in [3.8, 4) is 5.75 Å². The van der Waals surface area contributed by atoms with E-state index < -0.39 is 5.97 Å². The average Bonchev–Trinajstić information content (AvgIpc) is 2.30. The van der Waals surface area contributed by atoms with E-state index in [1.165, 1.54) is 5.56 Å². The van der Waals surface area contributed by atoms with Crippen LogP contribution in [0.2, 0.25) is 0 Å². The number of aliphatic carboxylic acids is 1. The van der Waals surface area contributed by atoms with E-state index in [1.807, 2.05) is 26.0 Å². The number of benzene rings is 1. The molecule has 0 aliphatic carbocycles. The Morgan fingerprint density at radius 3 is 2.20 bits per heavy atom. The lowest BCUT2D eigenvalue weighted by Crippen LogP contribution is -2.09. The van der Waals surface area contributed by atoms with E-state index in [0.29, 0.717) is 5.75 Å². The van der Waals surface area contributed by atoms with Crippen LogP contribution in [0.15, 0.2) is 24.3 Å². The fourth-order valence-electron chi connectivity index (χ4n) is 0.966. The number of aryl methyl sites for hydroxylation is 1. The van der Waals surface area contributed by atoms with Crippen LogP contribution in [0.4, 0.5) is 0 Å². The summed E-state index contributed by atoms with van der Waals surface area (Å²) in [5.41, 5.74) is 1.21. The molecule has 0 heterocycles. The van der Waals surface area contributed by atoms with Crippen molar-refractivity contribution in [1.29, 1.82) is 0 Å². The number of carboxylic acid groups (broad SMARTS) is 1. The number of ether oxygens (including phenoxy) is 1. The summed E-state index contributed by atoms with van der Waals surface area (Å²) in [6.45, 7) is 5.78. The van der Waals surface area contributed by atoms with Crippen LogP contribution in [0.5, 0.6) is 5.75 Å². The molecule has 0 saturated carbocycles. The van der Waals surface area contributed by atoms with Crippen molar-refractivity contribution in [1.82, 2.24) is 0 Å². The third-order valence-corrected chi connectivity index (χ3v) is 1.69. The highest BCUT2D eigenvalue weighted by Gasteiger charge is 1.98. The lowest BCUT2D eigenvalue weighted by molar-refractivity contribution is -0.139. The van der Waals surface area contributed by atoms with Gasteiger partial charge in [-0.25, -0.2) is 4.79 Å². The highest BCUT2D eigenvalue weighted by molar-refractivity contribution is 5.68. The Morgan fingerprint density at radius 1 is 1.27 bits per heavy atom. The molecule has 1 N–H and O–H groups in total. The predicted octanol–water partition coefficient (Wildman–Crippen LogP) is 2.74. The van der Waals surface area contributed by atoms with Crippen molar-refractivity contribution in [2.24, 2.45) is 0 Å². The van der Waals surface area contributed by atoms with Crippen LogP contribution in [0, 0.1) is 0 Å². The quantitative estimate of drug-likeness (QED) is 0.831. The molecule has 1 rings (SSSR count). The van der Waals surface area contributed by atoms with Crippen LogP contribution < -0.4 is 4.74 Å². The molecular formula is C12H18O3. The standard InChI is InChI=1S/C10H12O3.C2H6/c1-2-8-3-5-9(6-4-8)13-7-10(11)12;1-2/h3-6H,2,7H2,1H3,(H,11,12);1-2H3. The van der Waals surface area contributed by atoms with Gasteiger partial charge in [0.1, 0.15) is 5.75 Å². The fourth-order valence-corrected chi connectivity index (χ4v) is 0.966. The van der Waals surface area contributed by atoms with Gasteiger partial charge in [-0.1, -0.05) is 32.9 Å². The molecule has 0 atom stereocenters. The summed E-state index contributed by atoms with van der Waals surface area (Å²) < 4.78 is 4.97. The smallest absolute Gasteiger partial charge is 0.341 e. The topological polar surface area (TPSA) is 46.5 Å². The molecule has 0 amide bonds. The maximum Gasteiger partial charge on any atom is 0.341 e. The maximum absolute atomic E-state index is 10.2. The molecule has 0 aromatic heterocycles. The Labute approximate surface area is 90.7 Å². The van der Waals surface area contributed by atoms with Crippen LogP contribution in [0.1, 0.15) is 26.3 Å². The van der Waals surface area contributed by atoms with E-state index in [1.54, 1.807) is 12.1 Å². The van der Waals surface area contributed by atoms with E-state index in [2.05, 4.69) is 6.92 Å². The Kier molecular flexibility index (Phi) is 7.06. The van der Waals surface area contributed by atoms with Crippen molar-refractivity contribution < 1.29 is 14.6 Å². The predicted molar refractivity (Wildman–Crippen MR) is 60.3 cm³/mol. The average molecular weight is 210 g/mol. The van der Waals surface area contributed by atoms with E-state index in [0.717, 1.165) is 6.42 Å². The minimum atomic E-state index is -0.959. The zero-order chi connectivity index (χ0) is 11.7. The minimum absolute atomic E-state index is 0.286. The first kappa shape index (κ1) is 13.5. The Balaban J connectivity index is 0.000000921. The van der Waals surface area contributed by atoms with E-state index in [9.17, 15) is 4.79 Å². The summed E-state index contributed by atoms with van der Waals surface area (Å²) in [6, 6.07) is 7.41. The van der Waals surface area contributed by atoms with Gasteiger partial charge in [-0.05, 0) is 24.1 Å². The second-order valence-corrected chi connectivity index (χ2v) is 2.68.